The number of carbonyl (C=O) groups excluding carboxylic acids is 1. The number of aryl methyl sites for hydroxylation is 1. The Morgan fingerprint density at radius 1 is 1.31 bits per heavy atom. The number of carbonyl (C=O) groups is 1. The van der Waals surface area contributed by atoms with Gasteiger partial charge in [-0.05, 0) is 18.1 Å². The Morgan fingerprint density at radius 2 is 2.00 bits per heavy atom. The molecular formula is C18H21N3O4S. The highest BCUT2D eigenvalue weighted by atomic mass is 32.1. The third-order valence-electron chi connectivity index (χ3n) is 4.37. The lowest BCUT2D eigenvalue weighted by atomic mass is 10.1. The molecule has 3 rings (SSSR count). The van der Waals surface area contributed by atoms with E-state index in [4.69, 9.17) is 4.74 Å². The molecule has 1 aromatic heterocycles. The number of thiophene rings is 1. The molecule has 8 heteroatoms. The van der Waals surface area contributed by atoms with Crippen molar-refractivity contribution < 1.29 is 14.5 Å². The van der Waals surface area contributed by atoms with Gasteiger partial charge in [0.25, 0.3) is 11.6 Å². The standard InChI is InChI=1S/C18H21N3O4S/c1-13-16(21(23)24)10-17(26-13)18(22)19-11-14-4-2-3-5-15(14)12-20-6-8-25-9-7-20/h2-5,10H,6-9,11-12H2,1H3,(H,19,22). The summed E-state index contributed by atoms with van der Waals surface area (Å²) in [6.07, 6.45) is 0. The molecule has 1 aromatic carbocycles. The molecule has 2 aromatic rings. The van der Waals surface area contributed by atoms with Gasteiger partial charge < -0.3 is 10.1 Å². The van der Waals surface area contributed by atoms with Gasteiger partial charge in [0.2, 0.25) is 0 Å². The molecular weight excluding hydrogens is 354 g/mol. The van der Waals surface area contributed by atoms with Crippen LogP contribution in [-0.4, -0.2) is 42.0 Å². The summed E-state index contributed by atoms with van der Waals surface area (Å²) in [6.45, 7) is 6.16. The van der Waals surface area contributed by atoms with E-state index in [0.29, 0.717) is 16.3 Å². The maximum absolute atomic E-state index is 12.4. The Bertz CT molecular complexity index is 799. The van der Waals surface area contributed by atoms with E-state index in [-0.39, 0.29) is 11.6 Å². The minimum absolute atomic E-state index is 0.00660. The highest BCUT2D eigenvalue weighted by Crippen LogP contribution is 2.28. The molecule has 1 aliphatic heterocycles. The molecule has 1 saturated heterocycles. The van der Waals surface area contributed by atoms with E-state index in [0.717, 1.165) is 49.7 Å². The van der Waals surface area contributed by atoms with E-state index in [9.17, 15) is 14.9 Å². The molecule has 0 saturated carbocycles. The average Bonchev–Trinajstić information content (AvgIpc) is 3.04. The number of nitro groups is 1. The van der Waals surface area contributed by atoms with Crippen LogP contribution in [0.4, 0.5) is 5.69 Å². The maximum atomic E-state index is 12.4. The second kappa shape index (κ2) is 8.39. The molecule has 1 N–H and O–H groups in total. The zero-order valence-electron chi connectivity index (χ0n) is 14.6. The SMILES string of the molecule is Cc1sc(C(=O)NCc2ccccc2CN2CCOCC2)cc1[N+](=O)[O-]. The minimum Gasteiger partial charge on any atom is -0.379 e. The first-order chi connectivity index (χ1) is 12.5. The highest BCUT2D eigenvalue weighted by Gasteiger charge is 2.19. The summed E-state index contributed by atoms with van der Waals surface area (Å²) in [5.41, 5.74) is 2.21. The molecule has 0 spiro atoms. The van der Waals surface area contributed by atoms with Crippen LogP contribution in [0.15, 0.2) is 30.3 Å². The smallest absolute Gasteiger partial charge is 0.283 e. The number of nitrogens with one attached hydrogen (secondary N) is 1. The molecule has 2 heterocycles. The lowest BCUT2D eigenvalue weighted by molar-refractivity contribution is -0.385. The van der Waals surface area contributed by atoms with Crippen molar-refractivity contribution in [1.82, 2.24) is 10.2 Å². The summed E-state index contributed by atoms with van der Waals surface area (Å²) in [4.78, 5) is 26.1. The van der Waals surface area contributed by atoms with Gasteiger partial charge in [0.05, 0.1) is 27.9 Å². The van der Waals surface area contributed by atoms with Crippen molar-refractivity contribution in [3.8, 4) is 0 Å². The van der Waals surface area contributed by atoms with E-state index in [2.05, 4.69) is 16.3 Å². The third kappa shape index (κ3) is 4.46. The molecule has 1 aliphatic rings. The first-order valence-electron chi connectivity index (χ1n) is 8.44. The number of morpholine rings is 1. The summed E-state index contributed by atoms with van der Waals surface area (Å²) in [5, 5.41) is 13.8. The summed E-state index contributed by atoms with van der Waals surface area (Å²) >= 11 is 1.14. The van der Waals surface area contributed by atoms with Gasteiger partial charge in [0.1, 0.15) is 0 Å². The molecule has 7 nitrogen and oxygen atoms in total. The molecule has 26 heavy (non-hydrogen) atoms. The van der Waals surface area contributed by atoms with E-state index in [1.807, 2.05) is 18.2 Å². The van der Waals surface area contributed by atoms with Crippen molar-refractivity contribution in [2.75, 3.05) is 26.3 Å². The molecule has 0 bridgehead atoms. The van der Waals surface area contributed by atoms with Crippen molar-refractivity contribution in [2.45, 2.75) is 20.0 Å². The van der Waals surface area contributed by atoms with Gasteiger partial charge in [-0.25, -0.2) is 0 Å². The van der Waals surface area contributed by atoms with Gasteiger partial charge in [0.15, 0.2) is 0 Å². The quantitative estimate of drug-likeness (QED) is 0.620. The second-order valence-corrected chi connectivity index (χ2v) is 7.41. The Labute approximate surface area is 155 Å². The molecule has 0 aliphatic carbocycles. The molecule has 138 valence electrons. The van der Waals surface area contributed by atoms with Crippen LogP contribution in [0.25, 0.3) is 0 Å². The van der Waals surface area contributed by atoms with Gasteiger partial charge in [-0.15, -0.1) is 11.3 Å². The van der Waals surface area contributed by atoms with Crippen molar-refractivity contribution in [1.29, 1.82) is 0 Å². The van der Waals surface area contributed by atoms with Crippen molar-refractivity contribution in [3.05, 3.63) is 61.3 Å². The monoisotopic (exact) mass is 375 g/mol. The molecule has 0 radical (unpaired) electrons. The Morgan fingerprint density at radius 3 is 2.65 bits per heavy atom. The third-order valence-corrected chi connectivity index (χ3v) is 5.41. The van der Waals surface area contributed by atoms with Crippen molar-refractivity contribution in [2.24, 2.45) is 0 Å². The number of nitrogens with zero attached hydrogens (tertiary/aromatic N) is 2. The molecule has 0 unspecified atom stereocenters. The van der Waals surface area contributed by atoms with E-state index in [1.54, 1.807) is 6.92 Å². The summed E-state index contributed by atoms with van der Waals surface area (Å²) in [7, 11) is 0. The number of amides is 1. The number of benzene rings is 1. The Kier molecular flexibility index (Phi) is 5.97. The zero-order valence-corrected chi connectivity index (χ0v) is 15.4. The van der Waals surface area contributed by atoms with Gasteiger partial charge in [-0.2, -0.15) is 0 Å². The Hall–Kier alpha value is -2.29. The predicted octanol–water partition coefficient (Wildman–Crippen LogP) is 2.73. The predicted molar refractivity (Wildman–Crippen MR) is 99.4 cm³/mol. The highest BCUT2D eigenvalue weighted by molar-refractivity contribution is 7.14. The van der Waals surface area contributed by atoms with Crippen LogP contribution in [0.5, 0.6) is 0 Å². The number of hydrogen-bond acceptors (Lipinski definition) is 6. The van der Waals surface area contributed by atoms with Crippen molar-refractivity contribution in [3.63, 3.8) is 0 Å². The molecule has 1 amide bonds. The van der Waals surface area contributed by atoms with E-state index >= 15 is 0 Å². The average molecular weight is 375 g/mol. The molecule has 1 fully saturated rings. The number of ether oxygens (including phenoxy) is 1. The van der Waals surface area contributed by atoms with Crippen LogP contribution in [0, 0.1) is 17.0 Å². The zero-order chi connectivity index (χ0) is 18.5. The van der Waals surface area contributed by atoms with Crippen LogP contribution >= 0.6 is 11.3 Å². The fourth-order valence-corrected chi connectivity index (χ4v) is 3.82. The van der Waals surface area contributed by atoms with Crippen LogP contribution in [0.2, 0.25) is 0 Å². The largest absolute Gasteiger partial charge is 0.379 e. The fraction of sp³-hybridized carbons (Fsp3) is 0.389. The van der Waals surface area contributed by atoms with Gasteiger partial charge >= 0.3 is 0 Å². The Balaban J connectivity index is 1.65. The van der Waals surface area contributed by atoms with E-state index < -0.39 is 4.92 Å². The topological polar surface area (TPSA) is 84.7 Å². The lowest BCUT2D eigenvalue weighted by Crippen LogP contribution is -2.36. The number of hydrogen-bond donors (Lipinski definition) is 1. The lowest BCUT2D eigenvalue weighted by Gasteiger charge is -2.27. The normalized spacial score (nSPS) is 15.0. The fourth-order valence-electron chi connectivity index (χ4n) is 2.91. The molecule has 0 atom stereocenters. The van der Waals surface area contributed by atoms with Crippen LogP contribution in [-0.2, 0) is 17.8 Å². The van der Waals surface area contributed by atoms with E-state index in [1.165, 1.54) is 11.6 Å². The second-order valence-electron chi connectivity index (χ2n) is 6.15. The summed E-state index contributed by atoms with van der Waals surface area (Å²) in [5.74, 6) is -0.285. The van der Waals surface area contributed by atoms with Crippen LogP contribution in [0.3, 0.4) is 0 Å². The van der Waals surface area contributed by atoms with Gasteiger partial charge in [-0.3, -0.25) is 19.8 Å². The minimum atomic E-state index is -0.458. The summed E-state index contributed by atoms with van der Waals surface area (Å²) in [6, 6.07) is 9.35. The van der Waals surface area contributed by atoms with Crippen LogP contribution < -0.4 is 5.32 Å². The van der Waals surface area contributed by atoms with Crippen molar-refractivity contribution >= 4 is 22.9 Å². The maximum Gasteiger partial charge on any atom is 0.283 e. The first kappa shape index (κ1) is 18.5. The first-order valence-corrected chi connectivity index (χ1v) is 9.26. The van der Waals surface area contributed by atoms with Crippen LogP contribution in [0.1, 0.15) is 25.7 Å². The summed E-state index contributed by atoms with van der Waals surface area (Å²) < 4.78 is 5.38. The van der Waals surface area contributed by atoms with Gasteiger partial charge in [-0.1, -0.05) is 24.3 Å². The number of rotatable bonds is 6. The van der Waals surface area contributed by atoms with Gasteiger partial charge in [0, 0.05) is 32.2 Å².